The first-order valence-corrected chi connectivity index (χ1v) is 5.42. The molecule has 0 spiro atoms. The summed E-state index contributed by atoms with van der Waals surface area (Å²) in [6.45, 7) is 0.589. The molecule has 4 heteroatoms. The normalized spacial score (nSPS) is 25.4. The molecular formula is C11H17N3O. The third-order valence-electron chi connectivity index (χ3n) is 3.04. The van der Waals surface area contributed by atoms with Crippen molar-refractivity contribution in [3.8, 4) is 0 Å². The van der Waals surface area contributed by atoms with Crippen molar-refractivity contribution in [2.24, 2.45) is 11.7 Å². The Morgan fingerprint density at radius 1 is 1.60 bits per heavy atom. The number of amides is 1. The van der Waals surface area contributed by atoms with E-state index in [1.54, 1.807) is 0 Å². The molecule has 2 atom stereocenters. The molecule has 1 amide bonds. The van der Waals surface area contributed by atoms with Crippen LogP contribution in [-0.4, -0.2) is 16.9 Å². The standard InChI is InChI=1S/C11H17N3O/c12-10-3-1-2-9(10)11(15)14-7-8-4-5-13-6-8/h4-6,9-10,13H,1-3,7,12H2,(H,14,15). The maximum Gasteiger partial charge on any atom is 0.224 e. The highest BCUT2D eigenvalue weighted by Crippen LogP contribution is 2.23. The Morgan fingerprint density at radius 2 is 2.47 bits per heavy atom. The smallest absolute Gasteiger partial charge is 0.224 e. The van der Waals surface area contributed by atoms with Gasteiger partial charge in [-0.05, 0) is 24.5 Å². The lowest BCUT2D eigenvalue weighted by Gasteiger charge is -2.14. The van der Waals surface area contributed by atoms with E-state index in [0.717, 1.165) is 24.8 Å². The molecule has 1 aromatic rings. The Morgan fingerprint density at radius 3 is 3.07 bits per heavy atom. The average molecular weight is 207 g/mol. The van der Waals surface area contributed by atoms with Gasteiger partial charge in [-0.1, -0.05) is 6.42 Å². The Labute approximate surface area is 89.2 Å². The molecule has 0 radical (unpaired) electrons. The number of aromatic nitrogens is 1. The summed E-state index contributed by atoms with van der Waals surface area (Å²) < 4.78 is 0. The van der Waals surface area contributed by atoms with Crippen LogP contribution >= 0.6 is 0 Å². The summed E-state index contributed by atoms with van der Waals surface area (Å²) in [5, 5.41) is 2.92. The van der Waals surface area contributed by atoms with Gasteiger partial charge < -0.3 is 16.0 Å². The van der Waals surface area contributed by atoms with Crippen molar-refractivity contribution in [1.29, 1.82) is 0 Å². The second kappa shape index (κ2) is 4.49. The molecule has 1 aliphatic rings. The van der Waals surface area contributed by atoms with Crippen molar-refractivity contribution < 1.29 is 4.79 Å². The highest BCUT2D eigenvalue weighted by Gasteiger charge is 2.29. The van der Waals surface area contributed by atoms with E-state index >= 15 is 0 Å². The SMILES string of the molecule is NC1CCCC1C(=O)NCc1cc[nH]c1. The number of nitrogens with one attached hydrogen (secondary N) is 2. The van der Waals surface area contributed by atoms with Crippen LogP contribution in [-0.2, 0) is 11.3 Å². The average Bonchev–Trinajstić information content (AvgIpc) is 2.84. The van der Waals surface area contributed by atoms with Gasteiger partial charge in [0.1, 0.15) is 0 Å². The number of carbonyl (C=O) groups excluding carboxylic acids is 1. The highest BCUT2D eigenvalue weighted by molar-refractivity contribution is 5.79. The summed E-state index contributed by atoms with van der Waals surface area (Å²) in [4.78, 5) is 14.7. The minimum Gasteiger partial charge on any atom is -0.367 e. The van der Waals surface area contributed by atoms with Crippen LogP contribution < -0.4 is 11.1 Å². The summed E-state index contributed by atoms with van der Waals surface area (Å²) >= 11 is 0. The zero-order valence-corrected chi connectivity index (χ0v) is 8.70. The molecule has 4 N–H and O–H groups in total. The zero-order chi connectivity index (χ0) is 10.7. The van der Waals surface area contributed by atoms with Gasteiger partial charge in [0, 0.05) is 25.0 Å². The van der Waals surface area contributed by atoms with E-state index in [-0.39, 0.29) is 17.9 Å². The zero-order valence-electron chi connectivity index (χ0n) is 8.70. The summed E-state index contributed by atoms with van der Waals surface area (Å²) in [5.41, 5.74) is 6.95. The maximum atomic E-state index is 11.7. The predicted octanol–water partition coefficient (Wildman–Crippen LogP) is 0.758. The fraction of sp³-hybridized carbons (Fsp3) is 0.545. The van der Waals surface area contributed by atoms with Crippen molar-refractivity contribution in [3.05, 3.63) is 24.0 Å². The third kappa shape index (κ3) is 2.39. The van der Waals surface area contributed by atoms with Crippen molar-refractivity contribution in [1.82, 2.24) is 10.3 Å². The largest absolute Gasteiger partial charge is 0.367 e. The maximum absolute atomic E-state index is 11.7. The number of nitrogens with two attached hydrogens (primary N) is 1. The summed E-state index contributed by atoms with van der Waals surface area (Å²) in [5.74, 6) is 0.116. The molecule has 1 saturated carbocycles. The monoisotopic (exact) mass is 207 g/mol. The van der Waals surface area contributed by atoms with E-state index in [1.807, 2.05) is 18.5 Å². The van der Waals surface area contributed by atoms with Gasteiger partial charge in [-0.15, -0.1) is 0 Å². The number of aromatic amines is 1. The topological polar surface area (TPSA) is 70.9 Å². The molecule has 0 saturated heterocycles. The Bertz CT molecular complexity index is 321. The molecular weight excluding hydrogens is 190 g/mol. The van der Waals surface area contributed by atoms with Crippen LogP contribution in [0.25, 0.3) is 0 Å². The molecule has 0 aromatic carbocycles. The predicted molar refractivity (Wildman–Crippen MR) is 58.0 cm³/mol. The number of H-pyrrole nitrogens is 1. The molecule has 4 nitrogen and oxygen atoms in total. The highest BCUT2D eigenvalue weighted by atomic mass is 16.1. The Balaban J connectivity index is 1.82. The van der Waals surface area contributed by atoms with Gasteiger partial charge in [0.2, 0.25) is 5.91 Å². The molecule has 1 fully saturated rings. The Hall–Kier alpha value is -1.29. The number of hydrogen-bond acceptors (Lipinski definition) is 2. The number of rotatable bonds is 3. The number of hydrogen-bond donors (Lipinski definition) is 3. The van der Waals surface area contributed by atoms with Gasteiger partial charge >= 0.3 is 0 Å². The van der Waals surface area contributed by atoms with Crippen molar-refractivity contribution in [2.45, 2.75) is 31.8 Å². The molecule has 2 rings (SSSR count). The van der Waals surface area contributed by atoms with E-state index in [9.17, 15) is 4.79 Å². The summed E-state index contributed by atoms with van der Waals surface area (Å²) in [6.07, 6.45) is 6.71. The van der Waals surface area contributed by atoms with Crippen molar-refractivity contribution in [3.63, 3.8) is 0 Å². The molecule has 0 aliphatic heterocycles. The summed E-state index contributed by atoms with van der Waals surface area (Å²) in [6, 6.07) is 2.01. The minimum atomic E-state index is 0.0175. The molecule has 15 heavy (non-hydrogen) atoms. The van der Waals surface area contributed by atoms with E-state index in [1.165, 1.54) is 0 Å². The van der Waals surface area contributed by atoms with Crippen LogP contribution in [0, 0.1) is 5.92 Å². The molecule has 82 valence electrons. The van der Waals surface area contributed by atoms with Crippen LogP contribution in [0.2, 0.25) is 0 Å². The molecule has 1 aliphatic carbocycles. The van der Waals surface area contributed by atoms with Gasteiger partial charge in [0.05, 0.1) is 5.92 Å². The fourth-order valence-electron chi connectivity index (χ4n) is 2.10. The Kier molecular flexibility index (Phi) is 3.06. The second-order valence-corrected chi connectivity index (χ2v) is 4.14. The molecule has 1 aromatic heterocycles. The van der Waals surface area contributed by atoms with Gasteiger partial charge in [-0.3, -0.25) is 4.79 Å². The lowest BCUT2D eigenvalue weighted by molar-refractivity contribution is -0.125. The van der Waals surface area contributed by atoms with Gasteiger partial charge in [-0.2, -0.15) is 0 Å². The van der Waals surface area contributed by atoms with E-state index in [0.29, 0.717) is 6.54 Å². The van der Waals surface area contributed by atoms with Crippen LogP contribution in [0.3, 0.4) is 0 Å². The molecule has 2 unspecified atom stereocenters. The fourth-order valence-corrected chi connectivity index (χ4v) is 2.10. The number of carbonyl (C=O) groups is 1. The van der Waals surface area contributed by atoms with Gasteiger partial charge in [0.25, 0.3) is 0 Å². The minimum absolute atomic E-state index is 0.0175. The quantitative estimate of drug-likeness (QED) is 0.684. The first-order valence-electron chi connectivity index (χ1n) is 5.42. The summed E-state index contributed by atoms with van der Waals surface area (Å²) in [7, 11) is 0. The van der Waals surface area contributed by atoms with E-state index < -0.39 is 0 Å². The lowest BCUT2D eigenvalue weighted by atomic mass is 10.0. The molecule has 0 bridgehead atoms. The molecule has 1 heterocycles. The lowest BCUT2D eigenvalue weighted by Crippen LogP contribution is -2.38. The van der Waals surface area contributed by atoms with Gasteiger partial charge in [0.15, 0.2) is 0 Å². The first kappa shape index (κ1) is 10.2. The van der Waals surface area contributed by atoms with Crippen molar-refractivity contribution in [2.75, 3.05) is 0 Å². The van der Waals surface area contributed by atoms with E-state index in [2.05, 4.69) is 10.3 Å². The van der Waals surface area contributed by atoms with E-state index in [4.69, 9.17) is 5.73 Å². The van der Waals surface area contributed by atoms with Crippen LogP contribution in [0.5, 0.6) is 0 Å². The van der Waals surface area contributed by atoms with Gasteiger partial charge in [-0.25, -0.2) is 0 Å². The third-order valence-corrected chi connectivity index (χ3v) is 3.04. The van der Waals surface area contributed by atoms with Crippen molar-refractivity contribution >= 4 is 5.91 Å². The first-order chi connectivity index (χ1) is 7.27. The van der Waals surface area contributed by atoms with Crippen LogP contribution in [0.15, 0.2) is 18.5 Å². The van der Waals surface area contributed by atoms with Crippen LogP contribution in [0.1, 0.15) is 24.8 Å². The van der Waals surface area contributed by atoms with Crippen LogP contribution in [0.4, 0.5) is 0 Å². The second-order valence-electron chi connectivity index (χ2n) is 4.14.